The van der Waals surface area contributed by atoms with Crippen LogP contribution >= 0.6 is 11.3 Å². The Labute approximate surface area is 154 Å². The summed E-state index contributed by atoms with van der Waals surface area (Å²) in [5, 5.41) is 13.2. The molecule has 5 nitrogen and oxygen atoms in total. The largest absolute Gasteiger partial charge is 0.296 e. The van der Waals surface area contributed by atoms with E-state index in [1.165, 1.54) is 42.7 Å². The molecular weight excluding hydrogens is 351 g/mol. The van der Waals surface area contributed by atoms with Crippen molar-refractivity contribution in [2.75, 3.05) is 5.32 Å². The molecule has 0 atom stereocenters. The number of pyridine rings is 1. The molecule has 4 rings (SSSR count). The van der Waals surface area contributed by atoms with Gasteiger partial charge in [-0.05, 0) is 44.0 Å². The number of fused-ring (bicyclic) bond motifs is 1. The summed E-state index contributed by atoms with van der Waals surface area (Å²) in [6.07, 6.45) is 6.00. The first-order chi connectivity index (χ1) is 12.6. The van der Waals surface area contributed by atoms with E-state index in [-0.39, 0.29) is 5.91 Å². The van der Waals surface area contributed by atoms with Crippen molar-refractivity contribution < 1.29 is 9.18 Å². The molecule has 134 valence electrons. The number of nitrogens with zero attached hydrogens (tertiary/aromatic N) is 3. The highest BCUT2D eigenvalue weighted by Gasteiger charge is 2.21. The summed E-state index contributed by atoms with van der Waals surface area (Å²) in [5.74, 6) is -0.268. The Balaban J connectivity index is 1.60. The summed E-state index contributed by atoms with van der Waals surface area (Å²) in [5.41, 5.74) is 1.69. The van der Waals surface area contributed by atoms with Crippen molar-refractivity contribution in [3.8, 4) is 0 Å². The summed E-state index contributed by atoms with van der Waals surface area (Å²) in [6, 6.07) is 5.93. The van der Waals surface area contributed by atoms with Gasteiger partial charge in [0.25, 0.3) is 5.91 Å². The number of carbonyl (C=O) groups excluding carboxylic acids is 1. The number of benzene rings is 1. The van der Waals surface area contributed by atoms with Crippen molar-refractivity contribution >= 4 is 33.3 Å². The minimum Gasteiger partial charge on any atom is -0.296 e. The average Bonchev–Trinajstić information content (AvgIpc) is 3.10. The fourth-order valence-electron chi connectivity index (χ4n) is 3.48. The molecule has 1 fully saturated rings. The first-order valence-electron chi connectivity index (χ1n) is 8.82. The van der Waals surface area contributed by atoms with Crippen LogP contribution in [0, 0.1) is 12.7 Å². The molecule has 1 aliphatic carbocycles. The molecule has 1 aliphatic rings. The van der Waals surface area contributed by atoms with Gasteiger partial charge < -0.3 is 0 Å². The van der Waals surface area contributed by atoms with E-state index in [1.54, 1.807) is 12.1 Å². The van der Waals surface area contributed by atoms with E-state index < -0.39 is 5.82 Å². The Kier molecular flexibility index (Phi) is 4.63. The van der Waals surface area contributed by atoms with Crippen molar-refractivity contribution in [2.24, 2.45) is 0 Å². The van der Waals surface area contributed by atoms with Crippen LogP contribution in [0.15, 0.2) is 24.3 Å². The van der Waals surface area contributed by atoms with E-state index in [0.717, 1.165) is 17.8 Å². The number of halogens is 1. The summed E-state index contributed by atoms with van der Waals surface area (Å²) in [7, 11) is 0. The van der Waals surface area contributed by atoms with E-state index in [1.807, 2.05) is 6.92 Å². The van der Waals surface area contributed by atoms with E-state index in [2.05, 4.69) is 20.5 Å². The monoisotopic (exact) mass is 370 g/mol. The smallest absolute Gasteiger partial charge is 0.258 e. The van der Waals surface area contributed by atoms with Gasteiger partial charge in [-0.3, -0.25) is 15.1 Å². The van der Waals surface area contributed by atoms with Gasteiger partial charge in [-0.1, -0.05) is 30.6 Å². The first kappa shape index (κ1) is 17.0. The van der Waals surface area contributed by atoms with Gasteiger partial charge in [0.05, 0.1) is 11.1 Å². The maximum atomic E-state index is 13.6. The van der Waals surface area contributed by atoms with Gasteiger partial charge in [0.1, 0.15) is 10.8 Å². The molecular formula is C19H19FN4OS. The minimum atomic E-state index is -0.396. The molecule has 2 heterocycles. The summed E-state index contributed by atoms with van der Waals surface area (Å²) >= 11 is 1.43. The second-order valence-electron chi connectivity index (χ2n) is 6.71. The third kappa shape index (κ3) is 3.44. The average molecular weight is 370 g/mol. The molecule has 1 aromatic carbocycles. The van der Waals surface area contributed by atoms with Crippen molar-refractivity contribution in [1.82, 2.24) is 15.2 Å². The van der Waals surface area contributed by atoms with E-state index >= 15 is 0 Å². The molecule has 0 bridgehead atoms. The van der Waals surface area contributed by atoms with Gasteiger partial charge in [-0.2, -0.15) is 0 Å². The van der Waals surface area contributed by atoms with Crippen molar-refractivity contribution in [1.29, 1.82) is 0 Å². The fourth-order valence-corrected chi connectivity index (χ4v) is 4.39. The first-order valence-corrected chi connectivity index (χ1v) is 9.63. The molecule has 0 spiro atoms. The highest BCUT2D eigenvalue weighted by molar-refractivity contribution is 7.15. The SMILES string of the molecule is Cc1cc(C(=O)Nc2nnc(C3CCCCC3)s2)c2cc(F)ccc2n1. The van der Waals surface area contributed by atoms with Gasteiger partial charge >= 0.3 is 0 Å². The Morgan fingerprint density at radius 3 is 2.81 bits per heavy atom. The second-order valence-corrected chi connectivity index (χ2v) is 7.72. The van der Waals surface area contributed by atoms with Crippen molar-refractivity contribution in [2.45, 2.75) is 44.9 Å². The predicted molar refractivity (Wildman–Crippen MR) is 100 cm³/mol. The van der Waals surface area contributed by atoms with Crippen molar-refractivity contribution in [3.63, 3.8) is 0 Å². The number of hydrogen-bond donors (Lipinski definition) is 1. The number of rotatable bonds is 3. The van der Waals surface area contributed by atoms with E-state index in [0.29, 0.717) is 33.2 Å². The van der Waals surface area contributed by atoms with Crippen LogP contribution in [-0.2, 0) is 0 Å². The lowest BCUT2D eigenvalue weighted by Gasteiger charge is -2.18. The highest BCUT2D eigenvalue weighted by atomic mass is 32.1. The van der Waals surface area contributed by atoms with Crippen LogP contribution < -0.4 is 5.32 Å². The fraction of sp³-hybridized carbons (Fsp3) is 0.368. The number of carbonyl (C=O) groups is 1. The zero-order valence-corrected chi connectivity index (χ0v) is 15.3. The van der Waals surface area contributed by atoms with Crippen LogP contribution in [0.3, 0.4) is 0 Å². The second kappa shape index (κ2) is 7.07. The van der Waals surface area contributed by atoms with Crippen LogP contribution in [0.25, 0.3) is 10.9 Å². The van der Waals surface area contributed by atoms with Gasteiger partial charge in [0.2, 0.25) is 5.13 Å². The van der Waals surface area contributed by atoms with Crippen LogP contribution in [0.1, 0.15) is 59.1 Å². The molecule has 1 N–H and O–H groups in total. The van der Waals surface area contributed by atoms with Gasteiger partial charge in [0, 0.05) is 17.0 Å². The normalized spacial score (nSPS) is 15.3. The van der Waals surface area contributed by atoms with Crippen LogP contribution in [0.4, 0.5) is 9.52 Å². The van der Waals surface area contributed by atoms with Crippen LogP contribution in [0.2, 0.25) is 0 Å². The number of anilines is 1. The highest BCUT2D eigenvalue weighted by Crippen LogP contribution is 2.35. The maximum absolute atomic E-state index is 13.6. The molecule has 7 heteroatoms. The lowest BCUT2D eigenvalue weighted by Crippen LogP contribution is -2.13. The third-order valence-corrected chi connectivity index (χ3v) is 5.76. The molecule has 3 aromatic rings. The molecule has 2 aromatic heterocycles. The van der Waals surface area contributed by atoms with E-state index in [4.69, 9.17) is 0 Å². The zero-order chi connectivity index (χ0) is 18.1. The van der Waals surface area contributed by atoms with Crippen molar-refractivity contribution in [3.05, 3.63) is 46.3 Å². The predicted octanol–water partition coefficient (Wildman–Crippen LogP) is 4.83. The molecule has 0 aliphatic heterocycles. The Morgan fingerprint density at radius 2 is 2.00 bits per heavy atom. The number of aromatic nitrogens is 3. The summed E-state index contributed by atoms with van der Waals surface area (Å²) < 4.78 is 13.6. The lowest BCUT2D eigenvalue weighted by molar-refractivity contribution is 0.102. The van der Waals surface area contributed by atoms with E-state index in [9.17, 15) is 9.18 Å². The quantitative estimate of drug-likeness (QED) is 0.717. The number of aryl methyl sites for hydroxylation is 1. The molecule has 1 amide bonds. The van der Waals surface area contributed by atoms with Crippen LogP contribution in [-0.4, -0.2) is 21.1 Å². The van der Waals surface area contributed by atoms with Crippen LogP contribution in [0.5, 0.6) is 0 Å². The van der Waals surface area contributed by atoms with Gasteiger partial charge in [0.15, 0.2) is 0 Å². The third-order valence-electron chi connectivity index (χ3n) is 4.76. The minimum absolute atomic E-state index is 0.322. The molecule has 26 heavy (non-hydrogen) atoms. The molecule has 0 radical (unpaired) electrons. The van der Waals surface area contributed by atoms with Gasteiger partial charge in [-0.25, -0.2) is 4.39 Å². The lowest BCUT2D eigenvalue weighted by atomic mass is 9.90. The Hall–Kier alpha value is -2.41. The number of hydrogen-bond acceptors (Lipinski definition) is 5. The topological polar surface area (TPSA) is 67.8 Å². The number of amides is 1. The molecule has 1 saturated carbocycles. The van der Waals surface area contributed by atoms with Gasteiger partial charge in [-0.15, -0.1) is 10.2 Å². The molecule has 0 unspecified atom stereocenters. The summed E-state index contributed by atoms with van der Waals surface area (Å²) in [4.78, 5) is 17.1. The Bertz CT molecular complexity index is 965. The standard InChI is InChI=1S/C19H19FN4OS/c1-11-9-15(14-10-13(20)7-8-16(14)21-11)17(25)22-19-24-23-18(26-19)12-5-3-2-4-6-12/h7-10,12H,2-6H2,1H3,(H,22,24,25). The number of nitrogens with one attached hydrogen (secondary N) is 1. The zero-order valence-electron chi connectivity index (χ0n) is 14.5. The maximum Gasteiger partial charge on any atom is 0.258 e. The summed E-state index contributed by atoms with van der Waals surface area (Å²) in [6.45, 7) is 1.81. The Morgan fingerprint density at radius 1 is 1.19 bits per heavy atom. The molecule has 0 saturated heterocycles.